The average molecular weight is 230 g/mol. The summed E-state index contributed by atoms with van der Waals surface area (Å²) >= 11 is 7.64. The average Bonchev–Trinajstić information content (AvgIpc) is 2.72. The first kappa shape index (κ1) is 10.5. The summed E-state index contributed by atoms with van der Waals surface area (Å²) in [6.45, 7) is 3.55. The highest BCUT2D eigenvalue weighted by Gasteiger charge is 2.18. The second-order valence-corrected chi connectivity index (χ2v) is 5.09. The minimum Gasteiger partial charge on any atom is -0.299 e. The molecule has 0 aliphatic carbocycles. The summed E-state index contributed by atoms with van der Waals surface area (Å²) in [6, 6.07) is 2.22. The Balaban J connectivity index is 1.79. The quantitative estimate of drug-likeness (QED) is 0.720. The second kappa shape index (κ2) is 5.15. The van der Waals surface area contributed by atoms with Crippen molar-refractivity contribution in [2.45, 2.75) is 19.4 Å². The number of rotatable bonds is 3. The molecule has 2 heterocycles. The van der Waals surface area contributed by atoms with Gasteiger partial charge in [0, 0.05) is 12.4 Å². The van der Waals surface area contributed by atoms with Gasteiger partial charge in [-0.05, 0) is 54.2 Å². The van der Waals surface area contributed by atoms with Gasteiger partial charge in [0.15, 0.2) is 0 Å². The van der Waals surface area contributed by atoms with E-state index in [1.54, 1.807) is 11.3 Å². The van der Waals surface area contributed by atoms with Crippen LogP contribution in [0, 0.1) is 5.92 Å². The van der Waals surface area contributed by atoms with Gasteiger partial charge in [-0.1, -0.05) is 0 Å². The number of hydrogen-bond acceptors (Lipinski definition) is 2. The van der Waals surface area contributed by atoms with E-state index in [0.717, 1.165) is 18.3 Å². The molecule has 0 amide bonds. The number of nitrogens with zero attached hydrogens (tertiary/aromatic N) is 1. The van der Waals surface area contributed by atoms with E-state index in [1.807, 2.05) is 0 Å². The maximum Gasteiger partial charge on any atom is 0.0252 e. The van der Waals surface area contributed by atoms with E-state index in [-0.39, 0.29) is 0 Å². The molecule has 1 nitrogen and oxygen atoms in total. The lowest BCUT2D eigenvalue weighted by atomic mass is 9.99. The van der Waals surface area contributed by atoms with Gasteiger partial charge in [-0.3, -0.25) is 4.90 Å². The van der Waals surface area contributed by atoms with Gasteiger partial charge in [0.05, 0.1) is 0 Å². The first-order valence-corrected chi connectivity index (χ1v) is 6.65. The van der Waals surface area contributed by atoms with Gasteiger partial charge < -0.3 is 0 Å². The second-order valence-electron chi connectivity index (χ2n) is 4.01. The summed E-state index contributed by atoms with van der Waals surface area (Å²) in [4.78, 5) is 2.53. The molecule has 0 radical (unpaired) electrons. The summed E-state index contributed by atoms with van der Waals surface area (Å²) in [6.07, 6.45) is 2.54. The van der Waals surface area contributed by atoms with Crippen LogP contribution in [0.3, 0.4) is 0 Å². The van der Waals surface area contributed by atoms with Crippen molar-refractivity contribution in [3.05, 3.63) is 22.4 Å². The number of halogens is 1. The van der Waals surface area contributed by atoms with Crippen LogP contribution in [0.15, 0.2) is 16.8 Å². The Bertz CT molecular complexity index is 252. The third kappa shape index (κ3) is 2.72. The summed E-state index contributed by atoms with van der Waals surface area (Å²) < 4.78 is 0. The van der Waals surface area contributed by atoms with Crippen molar-refractivity contribution in [3.63, 3.8) is 0 Å². The van der Waals surface area contributed by atoms with Crippen LogP contribution in [0.2, 0.25) is 0 Å². The Kier molecular flexibility index (Phi) is 3.85. The molecule has 3 heteroatoms. The molecule has 0 atom stereocenters. The fourth-order valence-electron chi connectivity index (χ4n) is 1.94. The maximum atomic E-state index is 5.85. The van der Waals surface area contributed by atoms with Crippen LogP contribution in [-0.4, -0.2) is 23.9 Å². The molecule has 0 spiro atoms. The lowest BCUT2D eigenvalue weighted by molar-refractivity contribution is 0.187. The molecule has 78 valence electrons. The zero-order chi connectivity index (χ0) is 9.80. The molecule has 1 fully saturated rings. The van der Waals surface area contributed by atoms with Crippen molar-refractivity contribution in [1.82, 2.24) is 4.90 Å². The van der Waals surface area contributed by atoms with Crippen molar-refractivity contribution in [2.75, 3.05) is 19.0 Å². The van der Waals surface area contributed by atoms with E-state index in [1.165, 1.54) is 31.5 Å². The van der Waals surface area contributed by atoms with Crippen LogP contribution < -0.4 is 0 Å². The Hall–Kier alpha value is -0.0500. The van der Waals surface area contributed by atoms with Gasteiger partial charge in [0.1, 0.15) is 0 Å². The molecule has 1 aromatic heterocycles. The Morgan fingerprint density at radius 2 is 2.21 bits per heavy atom. The third-order valence-corrected chi connectivity index (χ3v) is 4.08. The van der Waals surface area contributed by atoms with Crippen LogP contribution in [-0.2, 0) is 6.54 Å². The molecule has 0 saturated carbocycles. The fraction of sp³-hybridized carbons (Fsp3) is 0.636. The van der Waals surface area contributed by atoms with Gasteiger partial charge in [-0.2, -0.15) is 11.3 Å². The van der Waals surface area contributed by atoms with Gasteiger partial charge in [0.25, 0.3) is 0 Å². The highest BCUT2D eigenvalue weighted by molar-refractivity contribution is 7.07. The van der Waals surface area contributed by atoms with Crippen molar-refractivity contribution in [1.29, 1.82) is 0 Å². The molecule has 1 aliphatic rings. The summed E-state index contributed by atoms with van der Waals surface area (Å²) in [5.41, 5.74) is 1.46. The number of likely N-dealkylation sites (tertiary alicyclic amines) is 1. The molecule has 14 heavy (non-hydrogen) atoms. The summed E-state index contributed by atoms with van der Waals surface area (Å²) in [5, 5.41) is 4.40. The van der Waals surface area contributed by atoms with Crippen molar-refractivity contribution >= 4 is 22.9 Å². The van der Waals surface area contributed by atoms with E-state index in [4.69, 9.17) is 11.6 Å². The van der Waals surface area contributed by atoms with E-state index in [9.17, 15) is 0 Å². The fourth-order valence-corrected chi connectivity index (χ4v) is 2.91. The van der Waals surface area contributed by atoms with Crippen LogP contribution >= 0.6 is 22.9 Å². The minimum absolute atomic E-state index is 0.760. The first-order chi connectivity index (χ1) is 6.88. The highest BCUT2D eigenvalue weighted by Crippen LogP contribution is 2.20. The molecule has 0 bridgehead atoms. The topological polar surface area (TPSA) is 3.24 Å². The Morgan fingerprint density at radius 3 is 2.79 bits per heavy atom. The summed E-state index contributed by atoms with van der Waals surface area (Å²) in [5.74, 6) is 1.60. The normalized spacial score (nSPS) is 20.1. The first-order valence-electron chi connectivity index (χ1n) is 5.18. The van der Waals surface area contributed by atoms with Gasteiger partial charge in [0.2, 0.25) is 0 Å². The molecule has 1 aromatic rings. The standard InChI is InChI=1S/C11H16ClNS/c12-7-10-1-4-13(5-2-10)8-11-3-6-14-9-11/h3,6,9-10H,1-2,4-5,7-8H2. The largest absolute Gasteiger partial charge is 0.299 e. The molecule has 1 saturated heterocycles. The zero-order valence-corrected chi connectivity index (χ0v) is 9.86. The molecular formula is C11H16ClNS. The number of piperidine rings is 1. The van der Waals surface area contributed by atoms with Crippen LogP contribution in [0.5, 0.6) is 0 Å². The third-order valence-electron chi connectivity index (χ3n) is 2.91. The van der Waals surface area contributed by atoms with Gasteiger partial charge >= 0.3 is 0 Å². The minimum atomic E-state index is 0.760. The molecule has 0 unspecified atom stereocenters. The lowest BCUT2D eigenvalue weighted by Crippen LogP contribution is -2.33. The molecular weight excluding hydrogens is 214 g/mol. The number of alkyl halides is 1. The smallest absolute Gasteiger partial charge is 0.0252 e. The van der Waals surface area contributed by atoms with E-state index >= 15 is 0 Å². The van der Waals surface area contributed by atoms with E-state index < -0.39 is 0 Å². The predicted molar refractivity (Wildman–Crippen MR) is 63.0 cm³/mol. The monoisotopic (exact) mass is 229 g/mol. The Labute approximate surface area is 94.7 Å². The van der Waals surface area contributed by atoms with E-state index in [2.05, 4.69) is 21.7 Å². The van der Waals surface area contributed by atoms with Crippen LogP contribution in [0.25, 0.3) is 0 Å². The molecule has 1 aliphatic heterocycles. The van der Waals surface area contributed by atoms with E-state index in [0.29, 0.717) is 0 Å². The van der Waals surface area contributed by atoms with Crippen molar-refractivity contribution in [2.24, 2.45) is 5.92 Å². The van der Waals surface area contributed by atoms with Crippen LogP contribution in [0.4, 0.5) is 0 Å². The number of thiophene rings is 1. The highest BCUT2D eigenvalue weighted by atomic mass is 35.5. The van der Waals surface area contributed by atoms with Crippen molar-refractivity contribution < 1.29 is 0 Å². The number of hydrogen-bond donors (Lipinski definition) is 0. The van der Waals surface area contributed by atoms with Crippen molar-refractivity contribution in [3.8, 4) is 0 Å². The predicted octanol–water partition coefficient (Wildman–Crippen LogP) is 3.20. The zero-order valence-electron chi connectivity index (χ0n) is 8.29. The summed E-state index contributed by atoms with van der Waals surface area (Å²) in [7, 11) is 0. The Morgan fingerprint density at radius 1 is 1.43 bits per heavy atom. The lowest BCUT2D eigenvalue weighted by Gasteiger charge is -2.30. The van der Waals surface area contributed by atoms with Crippen LogP contribution in [0.1, 0.15) is 18.4 Å². The SMILES string of the molecule is ClCC1CCN(Cc2ccsc2)CC1. The molecule has 0 aromatic carbocycles. The van der Waals surface area contributed by atoms with Gasteiger partial charge in [-0.25, -0.2) is 0 Å². The maximum absolute atomic E-state index is 5.85. The van der Waals surface area contributed by atoms with Gasteiger partial charge in [-0.15, -0.1) is 11.6 Å². The molecule has 2 rings (SSSR count). The molecule has 0 N–H and O–H groups in total.